The molecule has 7 nitrogen and oxygen atoms in total. The van der Waals surface area contributed by atoms with Crippen LogP contribution in [0.15, 0.2) is 48.8 Å². The minimum atomic E-state index is -0.343. The van der Waals surface area contributed by atoms with Crippen LogP contribution in [0, 0.1) is 13.8 Å². The Hall–Kier alpha value is -3.48. The van der Waals surface area contributed by atoms with Gasteiger partial charge in [-0.2, -0.15) is 5.10 Å². The van der Waals surface area contributed by atoms with E-state index < -0.39 is 0 Å². The molecular weight excluding hydrogens is 342 g/mol. The lowest BCUT2D eigenvalue weighted by molar-refractivity contribution is -0.115. The number of pyridine rings is 1. The Bertz CT molecular complexity index is 976. The first kappa shape index (κ1) is 18.3. The molecule has 2 amide bonds. The van der Waals surface area contributed by atoms with Crippen LogP contribution in [0.1, 0.15) is 21.7 Å². The minimum Gasteiger partial charge on any atom is -0.342 e. The van der Waals surface area contributed by atoms with E-state index in [9.17, 15) is 9.59 Å². The zero-order valence-electron chi connectivity index (χ0n) is 15.5. The van der Waals surface area contributed by atoms with Crippen LogP contribution in [0.25, 0.3) is 11.1 Å². The summed E-state index contributed by atoms with van der Waals surface area (Å²) in [5.74, 6) is -0.641. The monoisotopic (exact) mass is 363 g/mol. The number of carbonyl (C=O) groups excluding carboxylic acids is 2. The molecule has 0 fully saturated rings. The molecule has 0 radical (unpaired) electrons. The van der Waals surface area contributed by atoms with Crippen molar-refractivity contribution >= 4 is 17.5 Å². The third kappa shape index (κ3) is 4.38. The standard InChI is InChI=1S/C20H21N5O2/c1-13-11-21-14(2)10-17(13)15-4-6-16(7-5-15)24-19(26)12-22-20(27)18-8-9-23-25(18)3/h4-11H,12H2,1-3H3,(H,22,27)(H,24,26). The molecule has 27 heavy (non-hydrogen) atoms. The van der Waals surface area contributed by atoms with Gasteiger partial charge < -0.3 is 10.6 Å². The fourth-order valence-corrected chi connectivity index (χ4v) is 2.73. The number of hydrogen-bond donors (Lipinski definition) is 2. The Morgan fingerprint density at radius 3 is 2.52 bits per heavy atom. The molecule has 0 aliphatic carbocycles. The molecule has 0 bridgehead atoms. The maximum Gasteiger partial charge on any atom is 0.269 e. The summed E-state index contributed by atoms with van der Waals surface area (Å²) in [5.41, 5.74) is 5.29. The predicted molar refractivity (Wildman–Crippen MR) is 103 cm³/mol. The van der Waals surface area contributed by atoms with Crippen LogP contribution in [-0.4, -0.2) is 33.1 Å². The van der Waals surface area contributed by atoms with Gasteiger partial charge in [-0.3, -0.25) is 19.3 Å². The van der Waals surface area contributed by atoms with Crippen LogP contribution in [0.4, 0.5) is 5.69 Å². The van der Waals surface area contributed by atoms with E-state index in [2.05, 4.69) is 20.7 Å². The molecule has 0 aliphatic heterocycles. The molecule has 2 N–H and O–H groups in total. The zero-order valence-corrected chi connectivity index (χ0v) is 15.5. The molecule has 0 atom stereocenters. The van der Waals surface area contributed by atoms with Crippen LogP contribution in [0.5, 0.6) is 0 Å². The molecule has 3 rings (SSSR count). The molecule has 3 aromatic rings. The summed E-state index contributed by atoms with van der Waals surface area (Å²) in [6.07, 6.45) is 3.38. The summed E-state index contributed by atoms with van der Waals surface area (Å²) < 4.78 is 1.45. The van der Waals surface area contributed by atoms with Crippen molar-refractivity contribution in [1.82, 2.24) is 20.1 Å². The van der Waals surface area contributed by atoms with Gasteiger partial charge in [-0.15, -0.1) is 0 Å². The predicted octanol–water partition coefficient (Wildman–Crippen LogP) is 2.47. The number of nitrogens with zero attached hydrogens (tertiary/aromatic N) is 3. The number of rotatable bonds is 5. The van der Waals surface area contributed by atoms with Crippen molar-refractivity contribution in [2.24, 2.45) is 7.05 Å². The molecular formula is C20H21N5O2. The summed E-state index contributed by atoms with van der Waals surface area (Å²) in [6, 6.07) is 11.2. The van der Waals surface area contributed by atoms with Gasteiger partial charge in [0.2, 0.25) is 5.91 Å². The smallest absolute Gasteiger partial charge is 0.269 e. The van der Waals surface area contributed by atoms with Crippen LogP contribution >= 0.6 is 0 Å². The van der Waals surface area contributed by atoms with Gasteiger partial charge in [-0.1, -0.05) is 12.1 Å². The first-order valence-electron chi connectivity index (χ1n) is 8.54. The van der Waals surface area contributed by atoms with E-state index in [4.69, 9.17) is 0 Å². The molecule has 2 heterocycles. The molecule has 138 valence electrons. The first-order valence-corrected chi connectivity index (χ1v) is 8.54. The summed E-state index contributed by atoms with van der Waals surface area (Å²) in [7, 11) is 1.67. The van der Waals surface area contributed by atoms with Gasteiger partial charge in [-0.25, -0.2) is 0 Å². The van der Waals surface area contributed by atoms with E-state index in [1.54, 1.807) is 13.1 Å². The van der Waals surface area contributed by atoms with Gasteiger partial charge in [0.1, 0.15) is 5.69 Å². The maximum atomic E-state index is 12.1. The third-order valence-electron chi connectivity index (χ3n) is 4.18. The van der Waals surface area contributed by atoms with E-state index in [1.165, 1.54) is 10.9 Å². The zero-order chi connectivity index (χ0) is 19.4. The summed E-state index contributed by atoms with van der Waals surface area (Å²) in [5, 5.41) is 9.28. The van der Waals surface area contributed by atoms with Gasteiger partial charge in [-0.05, 0) is 54.8 Å². The largest absolute Gasteiger partial charge is 0.342 e. The number of amides is 2. The number of aryl methyl sites for hydroxylation is 3. The Kier molecular flexibility index (Phi) is 5.30. The van der Waals surface area contributed by atoms with E-state index >= 15 is 0 Å². The second-order valence-corrected chi connectivity index (χ2v) is 6.29. The quantitative estimate of drug-likeness (QED) is 0.729. The Labute approximate surface area is 157 Å². The lowest BCUT2D eigenvalue weighted by Crippen LogP contribution is -2.33. The minimum absolute atomic E-state index is 0.117. The van der Waals surface area contributed by atoms with Gasteiger partial charge in [0.15, 0.2) is 0 Å². The van der Waals surface area contributed by atoms with Crippen molar-refractivity contribution in [3.8, 4) is 11.1 Å². The van der Waals surface area contributed by atoms with Crippen molar-refractivity contribution in [2.45, 2.75) is 13.8 Å². The lowest BCUT2D eigenvalue weighted by Gasteiger charge is -2.10. The Balaban J connectivity index is 1.59. The molecule has 0 saturated carbocycles. The molecule has 7 heteroatoms. The van der Waals surface area contributed by atoms with Gasteiger partial charge in [0.25, 0.3) is 5.91 Å². The number of nitrogens with one attached hydrogen (secondary N) is 2. The van der Waals surface area contributed by atoms with Crippen molar-refractivity contribution < 1.29 is 9.59 Å². The van der Waals surface area contributed by atoms with E-state index in [1.807, 2.05) is 50.4 Å². The first-order chi connectivity index (χ1) is 12.9. The van der Waals surface area contributed by atoms with Crippen LogP contribution < -0.4 is 10.6 Å². The highest BCUT2D eigenvalue weighted by Crippen LogP contribution is 2.24. The van der Waals surface area contributed by atoms with Crippen molar-refractivity contribution in [3.05, 3.63) is 65.7 Å². The van der Waals surface area contributed by atoms with Crippen molar-refractivity contribution in [1.29, 1.82) is 0 Å². The molecule has 0 aliphatic rings. The fraction of sp³-hybridized carbons (Fsp3) is 0.200. The highest BCUT2D eigenvalue weighted by molar-refractivity contribution is 5.98. The maximum absolute atomic E-state index is 12.1. The topological polar surface area (TPSA) is 88.9 Å². The second-order valence-electron chi connectivity index (χ2n) is 6.29. The fourth-order valence-electron chi connectivity index (χ4n) is 2.73. The van der Waals surface area contributed by atoms with Gasteiger partial charge in [0, 0.05) is 30.8 Å². The normalized spacial score (nSPS) is 10.5. The third-order valence-corrected chi connectivity index (χ3v) is 4.18. The van der Waals surface area contributed by atoms with Crippen molar-refractivity contribution in [2.75, 3.05) is 11.9 Å². The summed E-state index contributed by atoms with van der Waals surface area (Å²) in [6.45, 7) is 3.86. The summed E-state index contributed by atoms with van der Waals surface area (Å²) >= 11 is 0. The Morgan fingerprint density at radius 1 is 1.11 bits per heavy atom. The molecule has 2 aromatic heterocycles. The number of hydrogen-bond acceptors (Lipinski definition) is 4. The number of aromatic nitrogens is 3. The van der Waals surface area contributed by atoms with Gasteiger partial charge in [0.05, 0.1) is 6.54 Å². The lowest BCUT2D eigenvalue weighted by atomic mass is 10.0. The Morgan fingerprint density at radius 2 is 1.85 bits per heavy atom. The van der Waals surface area contributed by atoms with Gasteiger partial charge >= 0.3 is 0 Å². The van der Waals surface area contributed by atoms with Crippen LogP contribution in [0.2, 0.25) is 0 Å². The van der Waals surface area contributed by atoms with E-state index in [0.717, 1.165) is 22.4 Å². The van der Waals surface area contributed by atoms with Crippen LogP contribution in [0.3, 0.4) is 0 Å². The second kappa shape index (κ2) is 7.82. The molecule has 1 aromatic carbocycles. The summed E-state index contributed by atoms with van der Waals surface area (Å²) in [4.78, 5) is 28.3. The highest BCUT2D eigenvalue weighted by atomic mass is 16.2. The molecule has 0 unspecified atom stereocenters. The highest BCUT2D eigenvalue weighted by Gasteiger charge is 2.11. The van der Waals surface area contributed by atoms with E-state index in [-0.39, 0.29) is 18.4 Å². The number of carbonyl (C=O) groups is 2. The average molecular weight is 363 g/mol. The average Bonchev–Trinajstić information content (AvgIpc) is 3.08. The molecule has 0 spiro atoms. The molecule has 0 saturated heterocycles. The van der Waals surface area contributed by atoms with Crippen molar-refractivity contribution in [3.63, 3.8) is 0 Å². The number of anilines is 1. The SMILES string of the molecule is Cc1cc(-c2ccc(NC(=O)CNC(=O)c3ccnn3C)cc2)c(C)cn1. The van der Waals surface area contributed by atoms with E-state index in [0.29, 0.717) is 11.4 Å². The van der Waals surface area contributed by atoms with Crippen LogP contribution in [-0.2, 0) is 11.8 Å². The number of benzene rings is 1.